The van der Waals surface area contributed by atoms with Crippen LogP contribution < -0.4 is 10.1 Å². The van der Waals surface area contributed by atoms with Crippen molar-refractivity contribution < 1.29 is 22.7 Å². The van der Waals surface area contributed by atoms with Gasteiger partial charge in [-0.1, -0.05) is 18.2 Å². The molecule has 1 aromatic carbocycles. The van der Waals surface area contributed by atoms with Crippen molar-refractivity contribution in [2.24, 2.45) is 0 Å². The Morgan fingerprint density at radius 2 is 2.00 bits per heavy atom. The van der Waals surface area contributed by atoms with E-state index in [1.54, 1.807) is 6.92 Å². The first-order valence-electron chi connectivity index (χ1n) is 8.80. The van der Waals surface area contributed by atoms with Gasteiger partial charge < -0.3 is 14.6 Å². The first-order chi connectivity index (χ1) is 13.3. The number of fused-ring (bicyclic) bond motifs is 1. The summed E-state index contributed by atoms with van der Waals surface area (Å²) in [5.41, 5.74) is 1.61. The predicted molar refractivity (Wildman–Crippen MR) is 98.9 cm³/mol. The van der Waals surface area contributed by atoms with Crippen LogP contribution in [0.15, 0.2) is 54.9 Å². The van der Waals surface area contributed by atoms with Crippen molar-refractivity contribution in [3.8, 4) is 5.75 Å². The second-order valence-corrected chi connectivity index (χ2v) is 6.43. The topological polar surface area (TPSA) is 56.2 Å². The molecule has 0 aliphatic heterocycles. The zero-order chi connectivity index (χ0) is 20.1. The van der Waals surface area contributed by atoms with E-state index < -0.39 is 12.8 Å². The molecule has 1 amide bonds. The highest BCUT2D eigenvalue weighted by Crippen LogP contribution is 2.19. The van der Waals surface area contributed by atoms with E-state index in [0.29, 0.717) is 18.7 Å². The lowest BCUT2D eigenvalue weighted by molar-refractivity contribution is -0.153. The van der Waals surface area contributed by atoms with Crippen LogP contribution in [0.25, 0.3) is 10.9 Å². The maximum Gasteiger partial charge on any atom is 0.422 e. The number of benzene rings is 1. The molecule has 0 aliphatic rings. The van der Waals surface area contributed by atoms with Gasteiger partial charge in [-0.15, -0.1) is 0 Å². The summed E-state index contributed by atoms with van der Waals surface area (Å²) in [6.45, 7) is 0.944. The van der Waals surface area contributed by atoms with Crippen molar-refractivity contribution in [2.45, 2.75) is 32.1 Å². The maximum absolute atomic E-state index is 12.2. The minimum Gasteiger partial charge on any atom is -0.483 e. The Hall–Kier alpha value is -3.03. The number of carbonyl (C=O) groups excluding carboxylic acids is 1. The number of alkyl halides is 3. The molecular weight excluding hydrogens is 371 g/mol. The lowest BCUT2D eigenvalue weighted by Crippen LogP contribution is -2.28. The molecule has 0 bridgehead atoms. The number of pyridine rings is 1. The molecule has 2 aromatic heterocycles. The normalized spacial score (nSPS) is 12.7. The lowest BCUT2D eigenvalue weighted by Gasteiger charge is -2.15. The molecule has 0 aliphatic carbocycles. The lowest BCUT2D eigenvalue weighted by atomic mass is 10.2. The van der Waals surface area contributed by atoms with Crippen LogP contribution in [-0.4, -0.2) is 28.2 Å². The van der Waals surface area contributed by atoms with E-state index in [1.807, 2.05) is 41.1 Å². The Labute approximate surface area is 160 Å². The molecule has 2 heterocycles. The van der Waals surface area contributed by atoms with Gasteiger partial charge in [-0.05, 0) is 36.6 Å². The molecule has 148 valence electrons. The molecule has 0 fully saturated rings. The molecule has 8 heteroatoms. The van der Waals surface area contributed by atoms with Gasteiger partial charge in [0, 0.05) is 24.7 Å². The van der Waals surface area contributed by atoms with Crippen molar-refractivity contribution >= 4 is 16.8 Å². The summed E-state index contributed by atoms with van der Waals surface area (Å²) in [5, 5.41) is 3.97. The number of ether oxygens (including phenoxy) is 1. The average Bonchev–Trinajstić information content (AvgIpc) is 3.08. The van der Waals surface area contributed by atoms with Gasteiger partial charge in [-0.25, -0.2) is 0 Å². The van der Waals surface area contributed by atoms with E-state index >= 15 is 0 Å². The molecule has 28 heavy (non-hydrogen) atoms. The van der Waals surface area contributed by atoms with Crippen LogP contribution in [0, 0.1) is 0 Å². The Kier molecular flexibility index (Phi) is 5.87. The number of nitrogens with zero attached hydrogens (tertiary/aromatic N) is 2. The van der Waals surface area contributed by atoms with Crippen LogP contribution in [0.4, 0.5) is 13.2 Å². The summed E-state index contributed by atoms with van der Waals surface area (Å²) in [4.78, 5) is 16.3. The fourth-order valence-corrected chi connectivity index (χ4v) is 2.84. The van der Waals surface area contributed by atoms with Gasteiger partial charge >= 0.3 is 6.18 Å². The van der Waals surface area contributed by atoms with Gasteiger partial charge in [-0.3, -0.25) is 9.78 Å². The zero-order valence-corrected chi connectivity index (χ0v) is 15.2. The van der Waals surface area contributed by atoms with Gasteiger partial charge in [0.15, 0.2) is 6.61 Å². The van der Waals surface area contributed by atoms with Gasteiger partial charge in [0.25, 0.3) is 0 Å². The summed E-state index contributed by atoms with van der Waals surface area (Å²) in [5.74, 6) is -0.108. The number of amides is 1. The van der Waals surface area contributed by atoms with E-state index in [4.69, 9.17) is 0 Å². The molecule has 0 spiro atoms. The molecule has 0 saturated heterocycles. The average molecular weight is 391 g/mol. The maximum atomic E-state index is 12.2. The third-order valence-electron chi connectivity index (χ3n) is 4.24. The highest BCUT2D eigenvalue weighted by atomic mass is 19.4. The number of para-hydroxylation sites is 1. The minimum atomic E-state index is -4.40. The van der Waals surface area contributed by atoms with Crippen molar-refractivity contribution in [1.29, 1.82) is 0 Å². The number of hydrogen-bond donors (Lipinski definition) is 1. The molecule has 0 saturated carbocycles. The molecule has 1 N–H and O–H groups in total. The summed E-state index contributed by atoms with van der Waals surface area (Å²) >= 11 is 0. The van der Waals surface area contributed by atoms with E-state index in [9.17, 15) is 18.0 Å². The summed E-state index contributed by atoms with van der Waals surface area (Å²) in [6.07, 6.45) is -0.931. The number of hydrogen-bond acceptors (Lipinski definition) is 3. The van der Waals surface area contributed by atoms with Crippen molar-refractivity contribution in [1.82, 2.24) is 14.9 Å². The molecular formula is C20H20F3N3O2. The second kappa shape index (κ2) is 8.33. The van der Waals surface area contributed by atoms with Crippen LogP contribution in [0.3, 0.4) is 0 Å². The molecule has 3 rings (SSSR count). The first kappa shape index (κ1) is 19.7. The van der Waals surface area contributed by atoms with Crippen LogP contribution in [-0.2, 0) is 11.3 Å². The standard InChI is InChI=1S/C20H20F3N3O2/c1-14(17-7-6-16(12-24-17)28-13-20(21,22)23)25-19(27)9-11-26-10-8-15-4-2-3-5-18(15)26/h2-8,10,12,14H,9,11,13H2,1H3,(H,25,27). The van der Waals surface area contributed by atoms with E-state index in [-0.39, 0.29) is 17.7 Å². The number of carbonyl (C=O) groups is 1. The fourth-order valence-electron chi connectivity index (χ4n) is 2.84. The third-order valence-corrected chi connectivity index (χ3v) is 4.24. The van der Waals surface area contributed by atoms with Gasteiger partial charge in [0.2, 0.25) is 5.91 Å². The quantitative estimate of drug-likeness (QED) is 0.655. The van der Waals surface area contributed by atoms with Gasteiger partial charge in [-0.2, -0.15) is 13.2 Å². The molecule has 5 nitrogen and oxygen atoms in total. The zero-order valence-electron chi connectivity index (χ0n) is 15.2. The monoisotopic (exact) mass is 391 g/mol. The summed E-state index contributed by atoms with van der Waals surface area (Å²) < 4.78 is 43.1. The Morgan fingerprint density at radius 1 is 1.21 bits per heavy atom. The Balaban J connectivity index is 1.51. The van der Waals surface area contributed by atoms with E-state index in [2.05, 4.69) is 15.0 Å². The fraction of sp³-hybridized carbons (Fsp3) is 0.300. The Morgan fingerprint density at radius 3 is 2.71 bits per heavy atom. The first-order valence-corrected chi connectivity index (χ1v) is 8.80. The van der Waals surface area contributed by atoms with Crippen LogP contribution in [0.5, 0.6) is 5.75 Å². The van der Waals surface area contributed by atoms with Crippen LogP contribution in [0.1, 0.15) is 25.1 Å². The summed E-state index contributed by atoms with van der Waals surface area (Å²) in [7, 11) is 0. The van der Waals surface area contributed by atoms with Crippen LogP contribution in [0.2, 0.25) is 0 Å². The highest BCUT2D eigenvalue weighted by molar-refractivity contribution is 5.80. The molecule has 1 atom stereocenters. The minimum absolute atomic E-state index is 0.0269. The second-order valence-electron chi connectivity index (χ2n) is 6.43. The van der Waals surface area contributed by atoms with Crippen molar-refractivity contribution in [3.63, 3.8) is 0 Å². The predicted octanol–water partition coefficient (Wildman–Crippen LogP) is 4.24. The highest BCUT2D eigenvalue weighted by Gasteiger charge is 2.28. The number of nitrogens with one attached hydrogen (secondary N) is 1. The van der Waals surface area contributed by atoms with E-state index in [1.165, 1.54) is 18.3 Å². The van der Waals surface area contributed by atoms with Gasteiger partial charge in [0.1, 0.15) is 5.75 Å². The van der Waals surface area contributed by atoms with Crippen molar-refractivity contribution in [3.05, 3.63) is 60.6 Å². The molecule has 0 radical (unpaired) electrons. The number of rotatable bonds is 7. The number of aryl methyl sites for hydroxylation is 1. The summed E-state index contributed by atoms with van der Waals surface area (Å²) in [6, 6.07) is 12.5. The largest absolute Gasteiger partial charge is 0.483 e. The van der Waals surface area contributed by atoms with Crippen LogP contribution >= 0.6 is 0 Å². The SMILES string of the molecule is CC(NC(=O)CCn1ccc2ccccc21)c1ccc(OCC(F)(F)F)cn1. The molecule has 1 unspecified atom stereocenters. The third kappa shape index (κ3) is 5.25. The van der Waals surface area contributed by atoms with E-state index in [0.717, 1.165) is 10.9 Å². The molecule has 3 aromatic rings. The smallest absolute Gasteiger partial charge is 0.422 e. The van der Waals surface area contributed by atoms with Crippen molar-refractivity contribution in [2.75, 3.05) is 6.61 Å². The Bertz CT molecular complexity index is 936. The number of halogens is 3. The number of aromatic nitrogens is 2. The van der Waals surface area contributed by atoms with Gasteiger partial charge in [0.05, 0.1) is 17.9 Å².